The first kappa shape index (κ1) is 28.0. The van der Waals surface area contributed by atoms with Crippen LogP contribution in [0.25, 0.3) is 11.1 Å². The lowest BCUT2D eigenvalue weighted by molar-refractivity contribution is 0.0981. The van der Waals surface area contributed by atoms with E-state index >= 15 is 0 Å². The fourth-order valence-electron chi connectivity index (χ4n) is 5.01. The van der Waals surface area contributed by atoms with Crippen molar-refractivity contribution in [1.82, 2.24) is 10.0 Å². The first-order valence-electron chi connectivity index (χ1n) is 13.5. The molecule has 2 unspecified atom stereocenters. The number of sulfonamides is 1. The lowest BCUT2D eigenvalue weighted by Gasteiger charge is -2.25. The molecule has 0 aliphatic rings. The van der Waals surface area contributed by atoms with Crippen molar-refractivity contribution in [1.29, 1.82) is 0 Å². The maximum Gasteiger partial charge on any atom is 0.265 e. The maximum absolute atomic E-state index is 13.5. The van der Waals surface area contributed by atoms with Gasteiger partial charge in [0.05, 0.1) is 10.9 Å². The molecule has 1 amide bonds. The molecule has 0 radical (unpaired) electrons. The summed E-state index contributed by atoms with van der Waals surface area (Å²) in [6, 6.07) is 41.4. The van der Waals surface area contributed by atoms with E-state index < -0.39 is 15.9 Å². The van der Waals surface area contributed by atoms with Crippen LogP contribution < -0.4 is 10.0 Å². The molecular formula is C35H32N2O3S. The molecule has 0 fully saturated rings. The number of hydrogen-bond donors (Lipinski definition) is 2. The van der Waals surface area contributed by atoms with Crippen LogP contribution in [0.2, 0.25) is 0 Å². The molecule has 2 atom stereocenters. The van der Waals surface area contributed by atoms with Gasteiger partial charge in [0.1, 0.15) is 0 Å². The third-order valence-electron chi connectivity index (χ3n) is 7.17. The number of nitrogens with one attached hydrogen (secondary N) is 2. The van der Waals surface area contributed by atoms with Crippen LogP contribution in [0.5, 0.6) is 0 Å². The number of benzene rings is 5. The average molecular weight is 561 g/mol. The minimum Gasteiger partial charge on any atom is -0.300 e. The minimum atomic E-state index is -4.16. The summed E-state index contributed by atoms with van der Waals surface area (Å²) in [6.45, 7) is 4.03. The Hall–Kier alpha value is -4.52. The van der Waals surface area contributed by atoms with Crippen molar-refractivity contribution in [3.8, 4) is 11.1 Å². The van der Waals surface area contributed by atoms with Gasteiger partial charge in [-0.2, -0.15) is 0 Å². The van der Waals surface area contributed by atoms with E-state index in [0.717, 1.165) is 27.8 Å². The molecule has 206 valence electrons. The molecule has 0 heterocycles. The second-order valence-corrected chi connectivity index (χ2v) is 11.7. The Morgan fingerprint density at radius 3 is 1.88 bits per heavy atom. The molecule has 0 saturated heterocycles. The summed E-state index contributed by atoms with van der Waals surface area (Å²) in [7, 11) is -4.16. The Morgan fingerprint density at radius 1 is 0.634 bits per heavy atom. The van der Waals surface area contributed by atoms with E-state index in [1.165, 1.54) is 6.07 Å². The molecule has 5 aromatic carbocycles. The Kier molecular flexibility index (Phi) is 8.43. The summed E-state index contributed by atoms with van der Waals surface area (Å²) in [4.78, 5) is 13.4. The highest BCUT2D eigenvalue weighted by molar-refractivity contribution is 7.90. The second kappa shape index (κ2) is 12.3. The van der Waals surface area contributed by atoms with Crippen molar-refractivity contribution in [2.45, 2.75) is 30.8 Å². The molecule has 5 rings (SSSR count). The number of rotatable bonds is 9. The van der Waals surface area contributed by atoms with E-state index in [-0.39, 0.29) is 22.5 Å². The van der Waals surface area contributed by atoms with Crippen LogP contribution in [0, 0.1) is 6.92 Å². The Labute approximate surface area is 242 Å². The predicted octanol–water partition coefficient (Wildman–Crippen LogP) is 7.22. The highest BCUT2D eigenvalue weighted by atomic mass is 32.2. The van der Waals surface area contributed by atoms with Gasteiger partial charge in [-0.1, -0.05) is 115 Å². The summed E-state index contributed by atoms with van der Waals surface area (Å²) in [6.07, 6.45) is 0. The van der Waals surface area contributed by atoms with E-state index in [1.54, 1.807) is 36.4 Å². The molecule has 0 saturated carbocycles. The van der Waals surface area contributed by atoms with Crippen molar-refractivity contribution < 1.29 is 13.2 Å². The number of amides is 1. The van der Waals surface area contributed by atoms with E-state index in [1.807, 2.05) is 85.8 Å². The van der Waals surface area contributed by atoms with Gasteiger partial charge in [-0.3, -0.25) is 10.1 Å². The summed E-state index contributed by atoms with van der Waals surface area (Å²) in [5.41, 5.74) is 5.57. The van der Waals surface area contributed by atoms with Gasteiger partial charge in [0.25, 0.3) is 15.9 Å². The topological polar surface area (TPSA) is 75.3 Å². The monoisotopic (exact) mass is 560 g/mol. The first-order valence-corrected chi connectivity index (χ1v) is 15.0. The smallest absolute Gasteiger partial charge is 0.265 e. The molecule has 0 spiro atoms. The van der Waals surface area contributed by atoms with Gasteiger partial charge in [0, 0.05) is 17.2 Å². The van der Waals surface area contributed by atoms with Crippen LogP contribution in [0.15, 0.2) is 138 Å². The standard InChI is InChI=1S/C35H32N2O3S/c1-25-14-9-10-21-31(25)32-22-11-12-23-33(32)41(39,40)37-35(38)30-20-13-19-29(24-30)34(28-17-7-4-8-18-28)36-26(2)27-15-5-3-6-16-27/h3-24,26,34,36H,1-2H3,(H,37,38). The van der Waals surface area contributed by atoms with E-state index in [0.29, 0.717) is 5.56 Å². The molecule has 2 N–H and O–H groups in total. The van der Waals surface area contributed by atoms with E-state index in [4.69, 9.17) is 0 Å². The number of carbonyl (C=O) groups is 1. The van der Waals surface area contributed by atoms with Crippen molar-refractivity contribution in [3.63, 3.8) is 0 Å². The Morgan fingerprint density at radius 2 is 1.20 bits per heavy atom. The van der Waals surface area contributed by atoms with E-state index in [9.17, 15) is 13.2 Å². The van der Waals surface area contributed by atoms with Gasteiger partial charge >= 0.3 is 0 Å². The van der Waals surface area contributed by atoms with Crippen molar-refractivity contribution >= 4 is 15.9 Å². The Bertz CT molecular complexity index is 1750. The largest absolute Gasteiger partial charge is 0.300 e. The highest BCUT2D eigenvalue weighted by Crippen LogP contribution is 2.30. The van der Waals surface area contributed by atoms with Gasteiger partial charge in [0.2, 0.25) is 0 Å². The van der Waals surface area contributed by atoms with Crippen molar-refractivity contribution in [2.24, 2.45) is 0 Å². The van der Waals surface area contributed by atoms with Crippen LogP contribution in [0.1, 0.15) is 51.6 Å². The number of aryl methyl sites for hydroxylation is 1. The normalized spacial score (nSPS) is 12.8. The van der Waals surface area contributed by atoms with Crippen molar-refractivity contribution in [3.05, 3.63) is 161 Å². The maximum atomic E-state index is 13.5. The average Bonchev–Trinajstić information content (AvgIpc) is 3.01. The van der Waals surface area contributed by atoms with Gasteiger partial charge in [0.15, 0.2) is 0 Å². The third-order valence-corrected chi connectivity index (χ3v) is 8.56. The summed E-state index contributed by atoms with van der Waals surface area (Å²) in [5.74, 6) is -0.686. The third kappa shape index (κ3) is 6.46. The summed E-state index contributed by atoms with van der Waals surface area (Å²) < 4.78 is 29.3. The van der Waals surface area contributed by atoms with Crippen LogP contribution in [-0.4, -0.2) is 14.3 Å². The lowest BCUT2D eigenvalue weighted by Crippen LogP contribution is -2.31. The summed E-state index contributed by atoms with van der Waals surface area (Å²) >= 11 is 0. The minimum absolute atomic E-state index is 0.0252. The Balaban J connectivity index is 1.44. The van der Waals surface area contributed by atoms with Crippen LogP contribution in [-0.2, 0) is 10.0 Å². The van der Waals surface area contributed by atoms with Gasteiger partial charge in [-0.25, -0.2) is 13.1 Å². The van der Waals surface area contributed by atoms with Gasteiger partial charge < -0.3 is 0 Å². The zero-order chi connectivity index (χ0) is 28.8. The van der Waals surface area contributed by atoms with Crippen LogP contribution in [0.4, 0.5) is 0 Å². The fourth-order valence-corrected chi connectivity index (χ4v) is 6.21. The van der Waals surface area contributed by atoms with Gasteiger partial charge in [-0.05, 0) is 59.9 Å². The first-order chi connectivity index (χ1) is 19.8. The molecule has 0 aliphatic carbocycles. The molecule has 41 heavy (non-hydrogen) atoms. The predicted molar refractivity (Wildman–Crippen MR) is 164 cm³/mol. The molecule has 5 aromatic rings. The van der Waals surface area contributed by atoms with Crippen molar-refractivity contribution in [2.75, 3.05) is 0 Å². The molecule has 5 nitrogen and oxygen atoms in total. The molecule has 0 aliphatic heterocycles. The molecule has 0 aromatic heterocycles. The highest BCUT2D eigenvalue weighted by Gasteiger charge is 2.24. The SMILES string of the molecule is Cc1ccccc1-c1ccccc1S(=O)(=O)NC(=O)c1cccc(C(NC(C)c2ccccc2)c2ccccc2)c1. The fraction of sp³-hybridized carbons (Fsp3) is 0.114. The van der Waals surface area contributed by atoms with E-state index in [2.05, 4.69) is 29.1 Å². The second-order valence-electron chi connectivity index (χ2n) is 10.0. The zero-order valence-corrected chi connectivity index (χ0v) is 23.8. The van der Waals surface area contributed by atoms with Crippen LogP contribution in [0.3, 0.4) is 0 Å². The quantitative estimate of drug-likeness (QED) is 0.200. The van der Waals surface area contributed by atoms with Crippen LogP contribution >= 0.6 is 0 Å². The molecular weight excluding hydrogens is 528 g/mol. The number of hydrogen-bond acceptors (Lipinski definition) is 4. The molecule has 0 bridgehead atoms. The van der Waals surface area contributed by atoms with Gasteiger partial charge in [-0.15, -0.1) is 0 Å². The number of carbonyl (C=O) groups excluding carboxylic acids is 1. The zero-order valence-electron chi connectivity index (χ0n) is 23.0. The summed E-state index contributed by atoms with van der Waals surface area (Å²) in [5, 5.41) is 3.69. The molecule has 6 heteroatoms. The lowest BCUT2D eigenvalue weighted by atomic mass is 9.95.